The van der Waals surface area contributed by atoms with Crippen molar-refractivity contribution in [3.8, 4) is 17.1 Å². The van der Waals surface area contributed by atoms with E-state index in [0.717, 1.165) is 10.0 Å². The molecule has 0 aliphatic carbocycles. The summed E-state index contributed by atoms with van der Waals surface area (Å²) in [5.74, 6) is 0.468. The van der Waals surface area contributed by atoms with Crippen molar-refractivity contribution in [1.29, 1.82) is 0 Å². The average Bonchev–Trinajstić information content (AvgIpc) is 2.94. The number of nitrogens with zero attached hydrogens (tertiary/aromatic N) is 4. The van der Waals surface area contributed by atoms with Crippen LogP contribution in [0.2, 0.25) is 0 Å². The highest BCUT2D eigenvalue weighted by Gasteiger charge is 2.17. The number of urea groups is 1. The Labute approximate surface area is 243 Å². The van der Waals surface area contributed by atoms with Gasteiger partial charge in [-0.15, -0.1) is 0 Å². The Kier molecular flexibility index (Phi) is 7.80. The summed E-state index contributed by atoms with van der Waals surface area (Å²) in [5, 5.41) is 17.8. The summed E-state index contributed by atoms with van der Waals surface area (Å²) in [6.45, 7) is 0. The van der Waals surface area contributed by atoms with Crippen LogP contribution in [0.4, 0.5) is 16.2 Å². The Morgan fingerprint density at radius 1 is 0.975 bits per heavy atom. The highest BCUT2D eigenvalue weighted by Crippen LogP contribution is 2.29. The van der Waals surface area contributed by atoms with Gasteiger partial charge in [-0.25, -0.2) is 15.2 Å². The zero-order chi connectivity index (χ0) is 28.2. The number of anilines is 1. The molecule has 0 aliphatic rings. The van der Waals surface area contributed by atoms with Gasteiger partial charge in [-0.2, -0.15) is 5.10 Å². The predicted molar refractivity (Wildman–Crippen MR) is 161 cm³/mol. The lowest BCUT2D eigenvalue weighted by atomic mass is 10.1. The lowest BCUT2D eigenvalue weighted by Gasteiger charge is -2.15. The topological polar surface area (TPSA) is 132 Å². The lowest BCUT2D eigenvalue weighted by Crippen LogP contribution is -2.24. The third kappa shape index (κ3) is 5.82. The summed E-state index contributed by atoms with van der Waals surface area (Å²) in [6.07, 6.45) is 1.30. The van der Waals surface area contributed by atoms with Crippen LogP contribution in [0.5, 0.6) is 0 Å². The van der Waals surface area contributed by atoms with Crippen molar-refractivity contribution >= 4 is 66.4 Å². The highest BCUT2D eigenvalue weighted by molar-refractivity contribution is 9.11. The molecule has 10 nitrogen and oxygen atoms in total. The number of fused-ring (bicyclic) bond motifs is 1. The number of aromatic nitrogens is 2. The monoisotopic (exact) mass is 660 g/mol. The molecule has 1 aromatic heterocycles. The summed E-state index contributed by atoms with van der Waals surface area (Å²) >= 11 is 6.96. The summed E-state index contributed by atoms with van der Waals surface area (Å²) in [5.41, 5.74) is 4.78. The summed E-state index contributed by atoms with van der Waals surface area (Å²) in [4.78, 5) is 41.3. The van der Waals surface area contributed by atoms with Gasteiger partial charge in [0.15, 0.2) is 0 Å². The molecule has 0 atom stereocenters. The summed E-state index contributed by atoms with van der Waals surface area (Å²) in [6, 6.07) is 24.9. The normalized spacial score (nSPS) is 11.1. The number of nitrogens with one attached hydrogen (secondary N) is 2. The molecule has 0 aliphatic heterocycles. The molecular weight excluding hydrogens is 644 g/mol. The average molecular weight is 662 g/mol. The fourth-order valence-corrected chi connectivity index (χ4v) is 5.29. The largest absolute Gasteiger partial charge is 0.339 e. The molecule has 2 amide bonds. The number of halogens is 2. The van der Waals surface area contributed by atoms with Crippen molar-refractivity contribution in [1.82, 2.24) is 15.0 Å². The van der Waals surface area contributed by atoms with Crippen LogP contribution in [-0.4, -0.2) is 26.7 Å². The van der Waals surface area contributed by atoms with Gasteiger partial charge >= 0.3 is 6.03 Å². The van der Waals surface area contributed by atoms with E-state index in [9.17, 15) is 19.7 Å². The van der Waals surface area contributed by atoms with E-state index in [1.165, 1.54) is 29.0 Å². The second kappa shape index (κ2) is 11.6. The molecule has 0 fully saturated rings. The Hall–Kier alpha value is -4.68. The van der Waals surface area contributed by atoms with Gasteiger partial charge in [-0.05, 0) is 52.3 Å². The van der Waals surface area contributed by atoms with Gasteiger partial charge in [-0.1, -0.05) is 58.4 Å². The van der Waals surface area contributed by atoms with Gasteiger partial charge in [0.05, 0.1) is 27.7 Å². The third-order valence-electron chi connectivity index (χ3n) is 5.77. The number of carbonyl (C=O) groups is 1. The van der Waals surface area contributed by atoms with Crippen molar-refractivity contribution in [2.75, 3.05) is 5.32 Å². The van der Waals surface area contributed by atoms with E-state index in [0.29, 0.717) is 38.1 Å². The SMILES string of the molecule is O=C(N/N=C/c1cccc([N+](=O)[O-])c1)Nc1ccc(-n2c(-c3ccccc3)nc3c(Br)cc(Br)cc3c2=O)cc1. The number of rotatable bonds is 6. The molecule has 4 aromatic carbocycles. The van der Waals surface area contributed by atoms with Crippen LogP contribution >= 0.6 is 31.9 Å². The van der Waals surface area contributed by atoms with Crippen LogP contribution in [0.3, 0.4) is 0 Å². The molecule has 5 rings (SSSR count). The van der Waals surface area contributed by atoms with E-state index in [1.54, 1.807) is 36.4 Å². The van der Waals surface area contributed by atoms with Crippen molar-refractivity contribution in [3.05, 3.63) is 126 Å². The van der Waals surface area contributed by atoms with Crippen LogP contribution in [-0.2, 0) is 0 Å². The molecule has 0 unspecified atom stereocenters. The van der Waals surface area contributed by atoms with Crippen molar-refractivity contribution < 1.29 is 9.72 Å². The predicted octanol–water partition coefficient (Wildman–Crippen LogP) is 6.64. The number of hydrazone groups is 1. The van der Waals surface area contributed by atoms with Gasteiger partial charge < -0.3 is 5.32 Å². The first-order valence-electron chi connectivity index (χ1n) is 11.7. The lowest BCUT2D eigenvalue weighted by molar-refractivity contribution is -0.384. The van der Waals surface area contributed by atoms with Gasteiger partial charge in [-0.3, -0.25) is 19.5 Å². The van der Waals surface area contributed by atoms with E-state index < -0.39 is 11.0 Å². The van der Waals surface area contributed by atoms with E-state index in [-0.39, 0.29) is 11.2 Å². The molecule has 0 saturated carbocycles. The van der Waals surface area contributed by atoms with Gasteiger partial charge in [0.25, 0.3) is 11.2 Å². The van der Waals surface area contributed by atoms with Gasteiger partial charge in [0, 0.05) is 37.9 Å². The second-order valence-electron chi connectivity index (χ2n) is 8.45. The fourth-order valence-electron chi connectivity index (χ4n) is 3.97. The number of nitro groups is 1. The minimum Gasteiger partial charge on any atom is -0.307 e. The molecule has 1 heterocycles. The minimum atomic E-state index is -0.612. The maximum absolute atomic E-state index is 13.7. The van der Waals surface area contributed by atoms with E-state index >= 15 is 0 Å². The quantitative estimate of drug-likeness (QED) is 0.120. The zero-order valence-electron chi connectivity index (χ0n) is 20.4. The molecule has 5 aromatic rings. The van der Waals surface area contributed by atoms with E-state index in [4.69, 9.17) is 4.98 Å². The number of carbonyl (C=O) groups excluding carboxylic acids is 1. The Bertz CT molecular complexity index is 1840. The molecule has 0 bridgehead atoms. The van der Waals surface area contributed by atoms with Crippen molar-refractivity contribution in [3.63, 3.8) is 0 Å². The van der Waals surface area contributed by atoms with Crippen LogP contribution < -0.4 is 16.3 Å². The maximum Gasteiger partial charge on any atom is 0.339 e. The fraction of sp³-hybridized carbons (Fsp3) is 0. The first-order valence-corrected chi connectivity index (χ1v) is 13.3. The molecule has 2 N–H and O–H groups in total. The number of amides is 2. The standard InChI is InChI=1S/C28H18Br2N6O4/c29-19-14-23-25(24(30)15-19)33-26(18-6-2-1-3-7-18)35(27(23)37)21-11-9-20(10-12-21)32-28(38)34-31-16-17-5-4-8-22(13-17)36(39)40/h1-16H,(H2,32,34,38)/b31-16+. The van der Waals surface area contributed by atoms with Crippen LogP contribution in [0.15, 0.2) is 110 Å². The number of non-ortho nitro benzene ring substituents is 1. The Morgan fingerprint density at radius 3 is 2.45 bits per heavy atom. The molecule has 0 spiro atoms. The van der Waals surface area contributed by atoms with Crippen molar-refractivity contribution in [2.45, 2.75) is 0 Å². The number of hydrogen-bond donors (Lipinski definition) is 2. The first kappa shape index (κ1) is 26.9. The number of nitro benzene ring substituents is 1. The number of benzene rings is 4. The van der Waals surface area contributed by atoms with Crippen LogP contribution in [0, 0.1) is 10.1 Å². The van der Waals surface area contributed by atoms with Crippen LogP contribution in [0.25, 0.3) is 28.0 Å². The van der Waals surface area contributed by atoms with Gasteiger partial charge in [0.2, 0.25) is 0 Å². The molecular formula is C28H18Br2N6O4. The second-order valence-corrected chi connectivity index (χ2v) is 10.2. The molecule has 40 heavy (non-hydrogen) atoms. The highest BCUT2D eigenvalue weighted by atomic mass is 79.9. The van der Waals surface area contributed by atoms with Crippen molar-refractivity contribution in [2.24, 2.45) is 5.10 Å². The molecule has 0 radical (unpaired) electrons. The smallest absolute Gasteiger partial charge is 0.307 e. The van der Waals surface area contributed by atoms with Gasteiger partial charge in [0.1, 0.15) is 5.82 Å². The Balaban J connectivity index is 1.41. The Morgan fingerprint density at radius 2 is 1.73 bits per heavy atom. The first-order chi connectivity index (χ1) is 19.3. The number of hydrogen-bond acceptors (Lipinski definition) is 6. The molecule has 0 saturated heterocycles. The minimum absolute atomic E-state index is 0.0788. The van der Waals surface area contributed by atoms with E-state index in [1.807, 2.05) is 36.4 Å². The van der Waals surface area contributed by atoms with E-state index in [2.05, 4.69) is 47.7 Å². The summed E-state index contributed by atoms with van der Waals surface area (Å²) in [7, 11) is 0. The summed E-state index contributed by atoms with van der Waals surface area (Å²) < 4.78 is 2.96. The molecule has 12 heteroatoms. The zero-order valence-corrected chi connectivity index (χ0v) is 23.6. The van der Waals surface area contributed by atoms with Crippen LogP contribution in [0.1, 0.15) is 5.56 Å². The maximum atomic E-state index is 13.7. The third-order valence-corrected chi connectivity index (χ3v) is 6.83. The molecule has 198 valence electrons.